The van der Waals surface area contributed by atoms with Crippen molar-refractivity contribution in [2.75, 3.05) is 13.1 Å². The molecule has 1 aromatic heterocycles. The van der Waals surface area contributed by atoms with E-state index < -0.39 is 10.0 Å². The van der Waals surface area contributed by atoms with Crippen molar-refractivity contribution in [2.45, 2.75) is 37.1 Å². The molecule has 24 heavy (non-hydrogen) atoms. The molecule has 2 fully saturated rings. The van der Waals surface area contributed by atoms with E-state index in [1.807, 2.05) is 19.1 Å². The smallest absolute Gasteiger partial charge is 0.243 e. The van der Waals surface area contributed by atoms with Gasteiger partial charge in [0, 0.05) is 30.7 Å². The minimum atomic E-state index is -3.53. The molecular formula is C18H23N3O2S. The molecule has 0 spiro atoms. The van der Waals surface area contributed by atoms with E-state index in [4.69, 9.17) is 5.73 Å². The first kappa shape index (κ1) is 16.0. The van der Waals surface area contributed by atoms with Gasteiger partial charge < -0.3 is 5.73 Å². The molecule has 2 N–H and O–H groups in total. The zero-order valence-electron chi connectivity index (χ0n) is 13.9. The summed E-state index contributed by atoms with van der Waals surface area (Å²) >= 11 is 0. The largest absolute Gasteiger partial charge is 0.327 e. The number of aryl methyl sites for hydroxylation is 1. The molecule has 2 aliphatic rings. The summed E-state index contributed by atoms with van der Waals surface area (Å²) in [4.78, 5) is 4.73. The second-order valence-corrected chi connectivity index (χ2v) is 9.03. The number of hydrogen-bond donors (Lipinski definition) is 1. The number of aromatic nitrogens is 1. The normalized spacial score (nSPS) is 28.2. The molecular weight excluding hydrogens is 322 g/mol. The number of sulfonamides is 1. The molecule has 1 saturated carbocycles. The van der Waals surface area contributed by atoms with Crippen LogP contribution in [0.5, 0.6) is 0 Å². The lowest BCUT2D eigenvalue weighted by atomic mass is 9.78. The molecule has 0 radical (unpaired) electrons. The zero-order chi connectivity index (χ0) is 16.9. The minimum Gasteiger partial charge on any atom is -0.327 e. The van der Waals surface area contributed by atoms with Crippen LogP contribution in [-0.4, -0.2) is 36.8 Å². The SMILES string of the molecule is Cc1ccc(S(=O)(=O)N2CC3CCCC(N)C3C2)c2cccnc12. The third-order valence-electron chi connectivity index (χ3n) is 5.67. The highest BCUT2D eigenvalue weighted by Gasteiger charge is 2.43. The predicted octanol–water partition coefficient (Wildman–Crippen LogP) is 2.29. The molecule has 3 unspecified atom stereocenters. The second-order valence-electron chi connectivity index (χ2n) is 7.12. The standard InChI is InChI=1S/C18H23N3O2S/c1-12-7-8-17(14-5-3-9-20-18(12)14)24(22,23)21-10-13-4-2-6-16(19)15(13)11-21/h3,5,7-9,13,15-16H,2,4,6,10-11,19H2,1H3. The Morgan fingerprint density at radius 3 is 2.83 bits per heavy atom. The van der Waals surface area contributed by atoms with Gasteiger partial charge in [0.2, 0.25) is 10.0 Å². The molecule has 0 bridgehead atoms. The van der Waals surface area contributed by atoms with Crippen molar-refractivity contribution in [3.8, 4) is 0 Å². The van der Waals surface area contributed by atoms with Gasteiger partial charge in [0.1, 0.15) is 0 Å². The summed E-state index contributed by atoms with van der Waals surface area (Å²) in [7, 11) is -3.53. The molecule has 0 amide bonds. The average molecular weight is 345 g/mol. The fourth-order valence-electron chi connectivity index (χ4n) is 4.32. The van der Waals surface area contributed by atoms with E-state index in [1.165, 1.54) is 0 Å². The topological polar surface area (TPSA) is 76.3 Å². The van der Waals surface area contributed by atoms with Crippen LogP contribution < -0.4 is 5.73 Å². The first-order chi connectivity index (χ1) is 11.5. The fourth-order valence-corrected chi connectivity index (χ4v) is 6.04. The summed E-state index contributed by atoms with van der Waals surface area (Å²) in [6.07, 6.45) is 4.90. The Kier molecular flexibility index (Phi) is 3.86. The monoisotopic (exact) mass is 345 g/mol. The summed E-state index contributed by atoms with van der Waals surface area (Å²) in [5.41, 5.74) is 7.99. The average Bonchev–Trinajstić information content (AvgIpc) is 3.02. The third-order valence-corrected chi connectivity index (χ3v) is 7.56. The highest BCUT2D eigenvalue weighted by molar-refractivity contribution is 7.89. The fraction of sp³-hybridized carbons (Fsp3) is 0.500. The maximum Gasteiger partial charge on any atom is 0.243 e. The van der Waals surface area contributed by atoms with Gasteiger partial charge in [0.25, 0.3) is 0 Å². The van der Waals surface area contributed by atoms with Crippen LogP contribution in [0, 0.1) is 18.8 Å². The summed E-state index contributed by atoms with van der Waals surface area (Å²) in [5, 5.41) is 0.705. The summed E-state index contributed by atoms with van der Waals surface area (Å²) < 4.78 is 28.2. The lowest BCUT2D eigenvalue weighted by Gasteiger charge is -2.29. The van der Waals surface area contributed by atoms with Gasteiger partial charge in [-0.05, 0) is 55.4 Å². The number of nitrogens with zero attached hydrogens (tertiary/aromatic N) is 2. The number of hydrogen-bond acceptors (Lipinski definition) is 4. The van der Waals surface area contributed by atoms with Gasteiger partial charge in [0.05, 0.1) is 10.4 Å². The van der Waals surface area contributed by atoms with Gasteiger partial charge >= 0.3 is 0 Å². The van der Waals surface area contributed by atoms with Gasteiger partial charge in [0.15, 0.2) is 0 Å². The number of pyridine rings is 1. The molecule has 1 aliphatic heterocycles. The van der Waals surface area contributed by atoms with Crippen LogP contribution in [-0.2, 0) is 10.0 Å². The van der Waals surface area contributed by atoms with Crippen LogP contribution in [0.3, 0.4) is 0 Å². The van der Waals surface area contributed by atoms with Crippen molar-refractivity contribution in [2.24, 2.45) is 17.6 Å². The van der Waals surface area contributed by atoms with E-state index in [0.29, 0.717) is 35.2 Å². The Hall–Kier alpha value is -1.50. The van der Waals surface area contributed by atoms with Crippen molar-refractivity contribution in [3.63, 3.8) is 0 Å². The van der Waals surface area contributed by atoms with Crippen molar-refractivity contribution in [1.29, 1.82) is 0 Å². The van der Waals surface area contributed by atoms with Crippen molar-refractivity contribution >= 4 is 20.9 Å². The molecule has 1 saturated heterocycles. The molecule has 3 atom stereocenters. The van der Waals surface area contributed by atoms with E-state index in [1.54, 1.807) is 22.6 Å². The van der Waals surface area contributed by atoms with Crippen LogP contribution in [0.4, 0.5) is 0 Å². The Morgan fingerprint density at radius 2 is 2.04 bits per heavy atom. The van der Waals surface area contributed by atoms with Crippen LogP contribution in [0.2, 0.25) is 0 Å². The Morgan fingerprint density at radius 1 is 1.21 bits per heavy atom. The first-order valence-corrected chi connectivity index (χ1v) is 10.0. The van der Waals surface area contributed by atoms with E-state index in [-0.39, 0.29) is 6.04 Å². The van der Waals surface area contributed by atoms with Gasteiger partial charge in [-0.1, -0.05) is 12.5 Å². The maximum absolute atomic E-state index is 13.3. The van der Waals surface area contributed by atoms with Crippen molar-refractivity contribution < 1.29 is 8.42 Å². The van der Waals surface area contributed by atoms with Crippen LogP contribution in [0.25, 0.3) is 10.9 Å². The number of nitrogens with two attached hydrogens (primary N) is 1. The van der Waals surface area contributed by atoms with Crippen molar-refractivity contribution in [1.82, 2.24) is 9.29 Å². The van der Waals surface area contributed by atoms with E-state index in [9.17, 15) is 8.42 Å². The zero-order valence-corrected chi connectivity index (χ0v) is 14.7. The second kappa shape index (κ2) is 5.79. The van der Waals surface area contributed by atoms with Gasteiger partial charge in [-0.25, -0.2) is 8.42 Å². The van der Waals surface area contributed by atoms with Crippen LogP contribution >= 0.6 is 0 Å². The molecule has 5 nitrogen and oxygen atoms in total. The van der Waals surface area contributed by atoms with Gasteiger partial charge in [-0.3, -0.25) is 4.98 Å². The third kappa shape index (κ3) is 2.44. The molecule has 1 aromatic carbocycles. The van der Waals surface area contributed by atoms with Gasteiger partial charge in [-0.15, -0.1) is 0 Å². The molecule has 6 heteroatoms. The van der Waals surface area contributed by atoms with E-state index in [0.717, 1.165) is 30.3 Å². The quantitative estimate of drug-likeness (QED) is 0.906. The van der Waals surface area contributed by atoms with E-state index >= 15 is 0 Å². The molecule has 128 valence electrons. The Bertz CT molecular complexity index is 881. The predicted molar refractivity (Wildman–Crippen MR) is 94.0 cm³/mol. The summed E-state index contributed by atoms with van der Waals surface area (Å²) in [6, 6.07) is 7.32. The minimum absolute atomic E-state index is 0.125. The van der Waals surface area contributed by atoms with Gasteiger partial charge in [-0.2, -0.15) is 4.31 Å². The Labute approximate surface area is 142 Å². The Balaban J connectivity index is 1.75. The lowest BCUT2D eigenvalue weighted by molar-refractivity contribution is 0.260. The molecule has 1 aliphatic carbocycles. The molecule has 2 aromatic rings. The number of rotatable bonds is 2. The summed E-state index contributed by atoms with van der Waals surface area (Å²) in [6.45, 7) is 3.09. The highest BCUT2D eigenvalue weighted by Crippen LogP contribution is 2.38. The van der Waals surface area contributed by atoms with Crippen molar-refractivity contribution in [3.05, 3.63) is 36.0 Å². The first-order valence-electron chi connectivity index (χ1n) is 8.58. The van der Waals surface area contributed by atoms with E-state index in [2.05, 4.69) is 4.98 Å². The summed E-state index contributed by atoms with van der Waals surface area (Å²) in [5.74, 6) is 0.696. The molecule has 2 heterocycles. The number of benzene rings is 1. The highest BCUT2D eigenvalue weighted by atomic mass is 32.2. The van der Waals surface area contributed by atoms with Crippen LogP contribution in [0.1, 0.15) is 24.8 Å². The maximum atomic E-state index is 13.3. The molecule has 4 rings (SSSR count). The lowest BCUT2D eigenvalue weighted by Crippen LogP contribution is -2.38. The van der Waals surface area contributed by atoms with Crippen LogP contribution in [0.15, 0.2) is 35.4 Å². The number of fused-ring (bicyclic) bond motifs is 2.